The monoisotopic (exact) mass is 306 g/mol. The maximum absolute atomic E-state index is 12.1. The SMILES string of the molecule is CN(CC(=O)O)C(=O)c1ccc2c(=O)n(C)c(=O)n(C)c2n1. The van der Waals surface area contributed by atoms with E-state index in [9.17, 15) is 19.2 Å². The first-order valence-corrected chi connectivity index (χ1v) is 6.28. The molecule has 0 unspecified atom stereocenters. The zero-order valence-corrected chi connectivity index (χ0v) is 12.2. The quantitative estimate of drug-likeness (QED) is 0.761. The van der Waals surface area contributed by atoms with Crippen LogP contribution in [0.15, 0.2) is 21.7 Å². The number of amides is 1. The van der Waals surface area contributed by atoms with Crippen LogP contribution in [0.3, 0.4) is 0 Å². The molecule has 0 saturated heterocycles. The molecule has 0 aliphatic carbocycles. The molecule has 0 spiro atoms. The Kier molecular flexibility index (Phi) is 3.81. The lowest BCUT2D eigenvalue weighted by atomic mass is 10.2. The number of hydrogen-bond donors (Lipinski definition) is 1. The van der Waals surface area contributed by atoms with Crippen molar-refractivity contribution >= 4 is 22.9 Å². The van der Waals surface area contributed by atoms with Crippen LogP contribution in [0.5, 0.6) is 0 Å². The van der Waals surface area contributed by atoms with Crippen LogP contribution in [0.1, 0.15) is 10.5 Å². The molecule has 22 heavy (non-hydrogen) atoms. The van der Waals surface area contributed by atoms with Crippen molar-refractivity contribution in [1.82, 2.24) is 19.0 Å². The highest BCUT2D eigenvalue weighted by Crippen LogP contribution is 2.08. The number of aliphatic carboxylic acids is 1. The zero-order chi connectivity index (χ0) is 16.6. The second-order valence-corrected chi connectivity index (χ2v) is 4.83. The average Bonchev–Trinajstić information content (AvgIpc) is 2.48. The van der Waals surface area contributed by atoms with Crippen molar-refractivity contribution in [2.24, 2.45) is 14.1 Å². The van der Waals surface area contributed by atoms with Crippen LogP contribution in [-0.4, -0.2) is 49.6 Å². The third kappa shape index (κ3) is 2.48. The number of likely N-dealkylation sites (N-methyl/N-ethyl adjacent to an activating group) is 1. The van der Waals surface area contributed by atoms with E-state index in [2.05, 4.69) is 4.98 Å². The van der Waals surface area contributed by atoms with Crippen LogP contribution in [0.2, 0.25) is 0 Å². The third-order valence-corrected chi connectivity index (χ3v) is 3.24. The van der Waals surface area contributed by atoms with Gasteiger partial charge in [0.1, 0.15) is 17.9 Å². The van der Waals surface area contributed by atoms with Crippen molar-refractivity contribution < 1.29 is 14.7 Å². The summed E-state index contributed by atoms with van der Waals surface area (Å²) in [4.78, 5) is 51.6. The fraction of sp³-hybridized carbons (Fsp3) is 0.308. The number of carboxylic acid groups (broad SMARTS) is 1. The Morgan fingerprint density at radius 3 is 2.45 bits per heavy atom. The molecule has 2 aromatic heterocycles. The average molecular weight is 306 g/mol. The lowest BCUT2D eigenvalue weighted by Gasteiger charge is -2.14. The van der Waals surface area contributed by atoms with Gasteiger partial charge in [0.05, 0.1) is 5.39 Å². The Morgan fingerprint density at radius 1 is 1.23 bits per heavy atom. The highest BCUT2D eigenvalue weighted by atomic mass is 16.4. The van der Waals surface area contributed by atoms with E-state index in [1.807, 2.05) is 0 Å². The molecule has 1 amide bonds. The number of pyridine rings is 1. The second kappa shape index (κ2) is 5.43. The predicted molar refractivity (Wildman–Crippen MR) is 76.8 cm³/mol. The molecule has 0 aliphatic rings. The zero-order valence-electron chi connectivity index (χ0n) is 12.2. The Morgan fingerprint density at radius 2 is 1.86 bits per heavy atom. The summed E-state index contributed by atoms with van der Waals surface area (Å²) in [6.07, 6.45) is 0. The molecule has 9 heteroatoms. The number of carbonyl (C=O) groups is 2. The molecule has 116 valence electrons. The van der Waals surface area contributed by atoms with Crippen LogP contribution < -0.4 is 11.2 Å². The van der Waals surface area contributed by atoms with E-state index in [0.29, 0.717) is 0 Å². The standard InChI is InChI=1S/C13H14N4O5/c1-15(6-9(18)19)12(21)8-5-4-7-10(14-8)16(2)13(22)17(3)11(7)20/h4-5H,6H2,1-3H3,(H,18,19). The molecular weight excluding hydrogens is 292 g/mol. The minimum atomic E-state index is -1.15. The molecule has 9 nitrogen and oxygen atoms in total. The first-order valence-electron chi connectivity index (χ1n) is 6.28. The molecule has 0 aromatic carbocycles. The van der Waals surface area contributed by atoms with Gasteiger partial charge in [-0.05, 0) is 12.1 Å². The molecule has 2 aromatic rings. The van der Waals surface area contributed by atoms with Gasteiger partial charge in [-0.2, -0.15) is 0 Å². The molecule has 2 rings (SSSR count). The first-order chi connectivity index (χ1) is 10.2. The molecule has 0 atom stereocenters. The summed E-state index contributed by atoms with van der Waals surface area (Å²) >= 11 is 0. The van der Waals surface area contributed by atoms with Gasteiger partial charge in [-0.1, -0.05) is 0 Å². The van der Waals surface area contributed by atoms with Gasteiger partial charge >= 0.3 is 11.7 Å². The van der Waals surface area contributed by atoms with Crippen LogP contribution in [0, 0.1) is 0 Å². The number of nitrogens with zero attached hydrogens (tertiary/aromatic N) is 4. The van der Waals surface area contributed by atoms with Gasteiger partial charge < -0.3 is 10.0 Å². The molecular formula is C13H14N4O5. The lowest BCUT2D eigenvalue weighted by Crippen LogP contribution is -2.38. The Hall–Kier alpha value is -2.97. The summed E-state index contributed by atoms with van der Waals surface area (Å²) in [6, 6.07) is 2.72. The van der Waals surface area contributed by atoms with Crippen molar-refractivity contribution in [3.8, 4) is 0 Å². The van der Waals surface area contributed by atoms with Gasteiger partial charge in [0, 0.05) is 21.1 Å². The maximum atomic E-state index is 12.1. The Labute approximate surface area is 124 Å². The Balaban J connectivity index is 2.61. The van der Waals surface area contributed by atoms with Crippen LogP contribution in [0.4, 0.5) is 0 Å². The van der Waals surface area contributed by atoms with Crippen LogP contribution in [-0.2, 0) is 18.9 Å². The van der Waals surface area contributed by atoms with E-state index in [-0.39, 0.29) is 16.7 Å². The van der Waals surface area contributed by atoms with Gasteiger partial charge in [-0.3, -0.25) is 23.5 Å². The predicted octanol–water partition coefficient (Wildman–Crippen LogP) is -1.21. The van der Waals surface area contributed by atoms with Crippen molar-refractivity contribution in [3.63, 3.8) is 0 Å². The van der Waals surface area contributed by atoms with E-state index in [1.165, 1.54) is 33.3 Å². The Bertz CT molecular complexity index is 896. The number of carboxylic acids is 1. The molecule has 1 N–H and O–H groups in total. The normalized spacial score (nSPS) is 10.7. The highest BCUT2D eigenvalue weighted by Gasteiger charge is 2.18. The van der Waals surface area contributed by atoms with Crippen molar-refractivity contribution in [3.05, 3.63) is 38.7 Å². The maximum Gasteiger partial charge on any atom is 0.332 e. The smallest absolute Gasteiger partial charge is 0.332 e. The number of aryl methyl sites for hydroxylation is 1. The molecule has 0 aliphatic heterocycles. The van der Waals surface area contributed by atoms with Gasteiger partial charge in [0.25, 0.3) is 11.5 Å². The number of fused-ring (bicyclic) bond motifs is 1. The van der Waals surface area contributed by atoms with Crippen molar-refractivity contribution in [1.29, 1.82) is 0 Å². The summed E-state index contributed by atoms with van der Waals surface area (Å²) < 4.78 is 2.10. The second-order valence-electron chi connectivity index (χ2n) is 4.83. The minimum Gasteiger partial charge on any atom is -0.480 e. The van der Waals surface area contributed by atoms with Crippen molar-refractivity contribution in [2.45, 2.75) is 0 Å². The summed E-state index contributed by atoms with van der Waals surface area (Å²) in [5.41, 5.74) is -1.04. The summed E-state index contributed by atoms with van der Waals surface area (Å²) in [7, 11) is 4.11. The first kappa shape index (κ1) is 15.4. The fourth-order valence-corrected chi connectivity index (χ4v) is 2.04. The van der Waals surface area contributed by atoms with Crippen LogP contribution >= 0.6 is 0 Å². The number of carbonyl (C=O) groups excluding carboxylic acids is 1. The largest absolute Gasteiger partial charge is 0.480 e. The van der Waals surface area contributed by atoms with Gasteiger partial charge in [-0.15, -0.1) is 0 Å². The highest BCUT2D eigenvalue weighted by molar-refractivity contribution is 5.95. The lowest BCUT2D eigenvalue weighted by molar-refractivity contribution is -0.137. The molecule has 2 heterocycles. The summed E-state index contributed by atoms with van der Waals surface area (Å²) in [6.45, 7) is -0.478. The number of hydrogen-bond acceptors (Lipinski definition) is 5. The van der Waals surface area contributed by atoms with E-state index in [1.54, 1.807) is 0 Å². The number of aromatic nitrogens is 3. The van der Waals surface area contributed by atoms with E-state index < -0.39 is 29.7 Å². The number of rotatable bonds is 3. The van der Waals surface area contributed by atoms with Gasteiger partial charge in [0.15, 0.2) is 0 Å². The molecule has 0 radical (unpaired) electrons. The molecule has 0 fully saturated rings. The molecule has 0 bridgehead atoms. The van der Waals surface area contributed by atoms with Gasteiger partial charge in [-0.25, -0.2) is 9.78 Å². The van der Waals surface area contributed by atoms with E-state index >= 15 is 0 Å². The minimum absolute atomic E-state index is 0.0421. The van der Waals surface area contributed by atoms with Crippen LogP contribution in [0.25, 0.3) is 11.0 Å². The third-order valence-electron chi connectivity index (χ3n) is 3.24. The topological polar surface area (TPSA) is 115 Å². The summed E-state index contributed by atoms with van der Waals surface area (Å²) in [5.74, 6) is -1.77. The van der Waals surface area contributed by atoms with Crippen molar-refractivity contribution in [2.75, 3.05) is 13.6 Å². The summed E-state index contributed by atoms with van der Waals surface area (Å²) in [5, 5.41) is 8.89. The fourth-order valence-electron chi connectivity index (χ4n) is 2.04. The van der Waals surface area contributed by atoms with Gasteiger partial charge in [0.2, 0.25) is 0 Å². The molecule has 0 saturated carbocycles. The van der Waals surface area contributed by atoms with E-state index in [4.69, 9.17) is 5.11 Å². The van der Waals surface area contributed by atoms with E-state index in [0.717, 1.165) is 14.0 Å².